The fraction of sp³-hybridized carbons (Fsp3) is 0.115. The van der Waals surface area contributed by atoms with Crippen molar-refractivity contribution in [2.75, 3.05) is 11.1 Å². The fourth-order valence-corrected chi connectivity index (χ4v) is 3.62. The zero-order valence-electron chi connectivity index (χ0n) is 19.7. The Balaban J connectivity index is 1.60. The zero-order valence-corrected chi connectivity index (χ0v) is 20.5. The Bertz CT molecular complexity index is 1630. The van der Waals surface area contributed by atoms with E-state index < -0.39 is 29.0 Å². The summed E-state index contributed by atoms with van der Waals surface area (Å²) < 4.78 is 77.8. The van der Waals surface area contributed by atoms with E-state index in [0.717, 1.165) is 24.5 Å². The minimum absolute atomic E-state index is 0.0317. The molecule has 4 rings (SSSR count). The van der Waals surface area contributed by atoms with Gasteiger partial charge in [-0.2, -0.15) is 23.0 Å². The first-order valence-electron chi connectivity index (χ1n) is 10.9. The molecule has 0 bridgehead atoms. The van der Waals surface area contributed by atoms with E-state index in [1.807, 2.05) is 0 Å². The predicted octanol–water partition coefficient (Wildman–Crippen LogP) is 6.64. The monoisotopic (exact) mass is 563 g/mol. The molecule has 0 unspecified atom stereocenters. The molecule has 0 fully saturated rings. The van der Waals surface area contributed by atoms with Crippen molar-refractivity contribution in [1.29, 1.82) is 0 Å². The summed E-state index contributed by atoms with van der Waals surface area (Å²) in [4.78, 5) is 16.7. The van der Waals surface area contributed by atoms with Gasteiger partial charge in [0.2, 0.25) is 0 Å². The Morgan fingerprint density at radius 1 is 0.974 bits per heavy atom. The van der Waals surface area contributed by atoms with Gasteiger partial charge >= 0.3 is 12.5 Å². The molecule has 2 aromatic carbocycles. The Morgan fingerprint density at radius 2 is 1.69 bits per heavy atom. The van der Waals surface area contributed by atoms with Crippen LogP contribution in [0.25, 0.3) is 11.1 Å². The van der Waals surface area contributed by atoms with Gasteiger partial charge in [0.1, 0.15) is 5.82 Å². The van der Waals surface area contributed by atoms with Crippen molar-refractivity contribution in [2.24, 2.45) is 0 Å². The van der Waals surface area contributed by atoms with Crippen LogP contribution in [0.1, 0.15) is 32.6 Å². The minimum atomic E-state index is -4.70. The number of benzene rings is 2. The first kappa shape index (κ1) is 27.5. The summed E-state index contributed by atoms with van der Waals surface area (Å²) in [7, 11) is 0. The molecule has 0 aliphatic carbocycles. The largest absolute Gasteiger partial charge is 0.504 e. The van der Waals surface area contributed by atoms with Crippen molar-refractivity contribution in [3.63, 3.8) is 0 Å². The normalized spacial score (nSPS) is 11.6. The number of aromatic nitrogens is 3. The number of nitrogens with one attached hydrogen (secondary N) is 1. The number of hydrogen-bond acceptors (Lipinski definition) is 4. The Labute approximate surface area is 222 Å². The fourth-order valence-electron chi connectivity index (χ4n) is 3.40. The molecule has 2 heterocycles. The number of anilines is 2. The molecule has 6 nitrogen and oxygen atoms in total. The zero-order chi connectivity index (χ0) is 28.5. The second-order valence-electron chi connectivity index (χ2n) is 8.22. The molecule has 0 aliphatic rings. The molecule has 200 valence electrons. The van der Waals surface area contributed by atoms with E-state index in [4.69, 9.17) is 17.3 Å². The number of rotatable bonds is 3. The van der Waals surface area contributed by atoms with E-state index in [9.17, 15) is 31.1 Å². The molecule has 0 saturated carbocycles. The Kier molecular flexibility index (Phi) is 7.30. The van der Waals surface area contributed by atoms with Gasteiger partial charge < -0.3 is 11.1 Å². The van der Waals surface area contributed by atoms with Crippen molar-refractivity contribution >= 4 is 29.0 Å². The van der Waals surface area contributed by atoms with Crippen molar-refractivity contribution in [2.45, 2.75) is 19.4 Å². The molecule has 3 N–H and O–H groups in total. The highest BCUT2D eigenvalue weighted by Gasteiger charge is 2.33. The summed E-state index contributed by atoms with van der Waals surface area (Å²) in [6.07, 6.45) is -6.25. The number of carbonyl (C=O) groups excluding carboxylic acids is 1. The highest BCUT2D eigenvalue weighted by Crippen LogP contribution is 2.36. The molecule has 0 spiro atoms. The minimum Gasteiger partial charge on any atom is -0.383 e. The third kappa shape index (κ3) is 6.32. The highest BCUT2D eigenvalue weighted by atomic mass is 35.5. The number of amides is 1. The van der Waals surface area contributed by atoms with Crippen molar-refractivity contribution < 1.29 is 31.1 Å². The van der Waals surface area contributed by atoms with Crippen LogP contribution < -0.4 is 11.1 Å². The number of alkyl halides is 6. The summed E-state index contributed by atoms with van der Waals surface area (Å²) >= 11 is 5.62. The van der Waals surface area contributed by atoms with Crippen molar-refractivity contribution in [1.82, 2.24) is 14.8 Å². The van der Waals surface area contributed by atoms with Crippen LogP contribution in [-0.2, 0) is 12.5 Å². The summed E-state index contributed by atoms with van der Waals surface area (Å²) in [5.74, 6) is 5.01. The van der Waals surface area contributed by atoms with Gasteiger partial charge in [0.15, 0.2) is 0 Å². The van der Waals surface area contributed by atoms with Gasteiger partial charge in [0.25, 0.3) is 5.91 Å². The van der Waals surface area contributed by atoms with Gasteiger partial charge in [-0.15, -0.1) is 13.2 Å². The molecule has 0 saturated heterocycles. The molecule has 13 heteroatoms. The standard InChI is InChI=1S/C26H16ClF6N5O/c1-14-2-3-17(24(39)37-20-6-7-22(27)21(10-20)25(28,29)30)8-15(14)4-5-16-9-18(11-35-23(16)34)19-12-36-38(13-19)26(31,32)33/h2-3,6-13H,1H3,(H2,34,35)(H,37,39). The van der Waals surface area contributed by atoms with E-state index >= 15 is 0 Å². The summed E-state index contributed by atoms with van der Waals surface area (Å²) in [5.41, 5.74) is 6.58. The van der Waals surface area contributed by atoms with Crippen LogP contribution >= 0.6 is 11.6 Å². The third-order valence-corrected chi connectivity index (χ3v) is 5.79. The van der Waals surface area contributed by atoms with E-state index in [-0.39, 0.29) is 32.9 Å². The van der Waals surface area contributed by atoms with Crippen LogP contribution in [0.4, 0.5) is 37.8 Å². The average Bonchev–Trinajstić information content (AvgIpc) is 3.36. The molecular weight excluding hydrogens is 548 g/mol. The van der Waals surface area contributed by atoms with Gasteiger partial charge in [-0.1, -0.05) is 29.5 Å². The first-order chi connectivity index (χ1) is 18.2. The van der Waals surface area contributed by atoms with Crippen LogP contribution in [-0.4, -0.2) is 20.7 Å². The second-order valence-corrected chi connectivity index (χ2v) is 8.63. The second kappa shape index (κ2) is 10.3. The van der Waals surface area contributed by atoms with Gasteiger partial charge in [0, 0.05) is 40.3 Å². The van der Waals surface area contributed by atoms with Crippen LogP contribution in [0.3, 0.4) is 0 Å². The topological polar surface area (TPSA) is 85.8 Å². The van der Waals surface area contributed by atoms with Crippen LogP contribution in [0.2, 0.25) is 5.02 Å². The molecule has 1 amide bonds. The lowest BCUT2D eigenvalue weighted by atomic mass is 10.0. The summed E-state index contributed by atoms with van der Waals surface area (Å²) in [6, 6.07) is 8.99. The number of nitrogens with two attached hydrogens (primary N) is 1. The number of nitrogen functional groups attached to an aromatic ring is 1. The number of carbonyl (C=O) groups is 1. The molecule has 0 radical (unpaired) electrons. The Hall–Kier alpha value is -4.50. The Morgan fingerprint density at radius 3 is 2.36 bits per heavy atom. The number of halogens is 7. The van der Waals surface area contributed by atoms with Gasteiger partial charge in [0.05, 0.1) is 22.3 Å². The molecule has 39 heavy (non-hydrogen) atoms. The van der Waals surface area contributed by atoms with Crippen molar-refractivity contribution in [3.8, 4) is 23.0 Å². The lowest BCUT2D eigenvalue weighted by Gasteiger charge is -2.12. The van der Waals surface area contributed by atoms with Crippen LogP contribution in [0, 0.1) is 18.8 Å². The lowest BCUT2D eigenvalue weighted by Crippen LogP contribution is -2.16. The maximum atomic E-state index is 13.1. The SMILES string of the molecule is Cc1ccc(C(=O)Nc2ccc(Cl)c(C(F)(F)F)c2)cc1C#Cc1cc(-c2cnn(C(F)(F)F)c2)cnc1N. The number of aryl methyl sites for hydroxylation is 1. The van der Waals surface area contributed by atoms with Crippen LogP contribution in [0.15, 0.2) is 61.1 Å². The number of hydrogen-bond donors (Lipinski definition) is 2. The molecule has 2 aromatic heterocycles. The maximum Gasteiger partial charge on any atom is 0.504 e. The molecule has 0 atom stereocenters. The maximum absolute atomic E-state index is 13.1. The van der Waals surface area contributed by atoms with Crippen LogP contribution in [0.5, 0.6) is 0 Å². The highest BCUT2D eigenvalue weighted by molar-refractivity contribution is 6.31. The van der Waals surface area contributed by atoms with Gasteiger partial charge in [-0.3, -0.25) is 4.79 Å². The van der Waals surface area contributed by atoms with E-state index in [2.05, 4.69) is 27.2 Å². The number of pyridine rings is 1. The van der Waals surface area contributed by atoms with E-state index in [1.54, 1.807) is 13.0 Å². The van der Waals surface area contributed by atoms with E-state index in [0.29, 0.717) is 16.7 Å². The summed E-state index contributed by atoms with van der Waals surface area (Å²) in [5, 5.41) is 5.20. The van der Waals surface area contributed by atoms with Gasteiger partial charge in [-0.25, -0.2) is 4.98 Å². The molecular formula is C26H16ClF6N5O. The quantitative estimate of drug-likeness (QED) is 0.216. The predicted molar refractivity (Wildman–Crippen MR) is 133 cm³/mol. The molecule has 4 aromatic rings. The third-order valence-electron chi connectivity index (χ3n) is 5.46. The molecule has 0 aliphatic heterocycles. The first-order valence-corrected chi connectivity index (χ1v) is 11.3. The van der Waals surface area contributed by atoms with Gasteiger partial charge in [-0.05, 0) is 48.9 Å². The number of nitrogens with zero attached hydrogens (tertiary/aromatic N) is 3. The average molecular weight is 564 g/mol. The lowest BCUT2D eigenvalue weighted by molar-refractivity contribution is -0.212. The van der Waals surface area contributed by atoms with Crippen molar-refractivity contribution in [3.05, 3.63) is 93.9 Å². The summed E-state index contributed by atoms with van der Waals surface area (Å²) in [6.45, 7) is 1.73. The van der Waals surface area contributed by atoms with E-state index in [1.165, 1.54) is 30.5 Å². The smallest absolute Gasteiger partial charge is 0.383 e.